The summed E-state index contributed by atoms with van der Waals surface area (Å²) >= 11 is 3.25. The van der Waals surface area contributed by atoms with E-state index < -0.39 is 5.91 Å². The first-order valence-electron chi connectivity index (χ1n) is 8.45. The van der Waals surface area contributed by atoms with Crippen LogP contribution in [0.3, 0.4) is 0 Å². The van der Waals surface area contributed by atoms with Crippen LogP contribution in [-0.4, -0.2) is 46.6 Å². The van der Waals surface area contributed by atoms with Gasteiger partial charge in [-0.3, -0.25) is 14.5 Å². The van der Waals surface area contributed by atoms with Crippen LogP contribution in [0.15, 0.2) is 40.1 Å². The van der Waals surface area contributed by atoms with Crippen molar-refractivity contribution in [3.05, 3.63) is 44.8 Å². The van der Waals surface area contributed by atoms with E-state index in [9.17, 15) is 9.59 Å². The van der Waals surface area contributed by atoms with Gasteiger partial charge in [-0.05, 0) is 36.7 Å². The van der Waals surface area contributed by atoms with E-state index in [1.807, 2.05) is 48.9 Å². The highest BCUT2D eigenvalue weighted by atomic mass is 32.1. The first-order chi connectivity index (χ1) is 12.5. The molecule has 3 rings (SSSR count). The second kappa shape index (κ2) is 8.11. The van der Waals surface area contributed by atoms with E-state index in [1.165, 1.54) is 0 Å². The fourth-order valence-electron chi connectivity index (χ4n) is 2.90. The lowest BCUT2D eigenvalue weighted by Crippen LogP contribution is -2.45. The molecule has 0 saturated heterocycles. The summed E-state index contributed by atoms with van der Waals surface area (Å²) in [5.74, 6) is -0.560. The Balaban J connectivity index is 1.83. The molecule has 0 saturated carbocycles. The molecule has 26 heavy (non-hydrogen) atoms. The topological polar surface area (TPSA) is 79.0 Å². The Bertz CT molecular complexity index is 784. The third-order valence-electron chi connectivity index (χ3n) is 4.27. The lowest BCUT2D eigenvalue weighted by molar-refractivity contribution is -0.135. The van der Waals surface area contributed by atoms with Gasteiger partial charge in [-0.1, -0.05) is 12.1 Å². The van der Waals surface area contributed by atoms with Crippen LogP contribution in [0.5, 0.6) is 0 Å². The van der Waals surface area contributed by atoms with Crippen LogP contribution in [0.1, 0.15) is 36.1 Å². The van der Waals surface area contributed by atoms with Gasteiger partial charge in [0.15, 0.2) is 0 Å². The van der Waals surface area contributed by atoms with Crippen LogP contribution in [0.4, 0.5) is 0 Å². The van der Waals surface area contributed by atoms with Gasteiger partial charge < -0.3 is 5.73 Å². The third kappa shape index (κ3) is 4.20. The van der Waals surface area contributed by atoms with Crippen LogP contribution in [0.2, 0.25) is 0 Å². The molecule has 0 spiro atoms. The van der Waals surface area contributed by atoms with E-state index in [2.05, 4.69) is 5.10 Å². The maximum atomic E-state index is 13.0. The van der Waals surface area contributed by atoms with E-state index in [0.29, 0.717) is 6.42 Å². The molecule has 0 bridgehead atoms. The standard InChI is InChI=1S/C18H22N4O2S2/c1-12(2)21(10-17(19)23)11-18(24)22-14(16-6-4-8-26-16)9-13(20-22)15-5-3-7-25-15/h3-8,12,14H,9-11H2,1-2H3,(H2,19,23)/t14-/m1/s1. The number of nitrogens with two attached hydrogens (primary N) is 1. The highest BCUT2D eigenvalue weighted by Gasteiger charge is 2.34. The van der Waals surface area contributed by atoms with Crippen LogP contribution in [0.25, 0.3) is 0 Å². The Kier molecular flexibility index (Phi) is 5.85. The summed E-state index contributed by atoms with van der Waals surface area (Å²) in [6, 6.07) is 7.97. The molecule has 0 aliphatic carbocycles. The number of thiophene rings is 2. The molecule has 3 heterocycles. The largest absolute Gasteiger partial charge is 0.369 e. The molecule has 0 unspecified atom stereocenters. The SMILES string of the molecule is CC(C)N(CC(N)=O)CC(=O)N1N=C(c2cccs2)C[C@@H]1c1cccs1. The zero-order valence-electron chi connectivity index (χ0n) is 14.8. The molecule has 1 atom stereocenters. The highest BCUT2D eigenvalue weighted by Crippen LogP contribution is 2.36. The van der Waals surface area contributed by atoms with Gasteiger partial charge >= 0.3 is 0 Å². The Morgan fingerprint density at radius 3 is 2.58 bits per heavy atom. The summed E-state index contributed by atoms with van der Waals surface area (Å²) in [6.45, 7) is 4.06. The van der Waals surface area contributed by atoms with E-state index in [0.717, 1.165) is 15.5 Å². The van der Waals surface area contributed by atoms with Crippen LogP contribution >= 0.6 is 22.7 Å². The van der Waals surface area contributed by atoms with Crippen LogP contribution in [-0.2, 0) is 9.59 Å². The van der Waals surface area contributed by atoms with Gasteiger partial charge in [0, 0.05) is 17.3 Å². The number of rotatable bonds is 7. The van der Waals surface area contributed by atoms with Crippen LogP contribution < -0.4 is 5.73 Å². The van der Waals surface area contributed by atoms with Gasteiger partial charge in [-0.2, -0.15) is 5.10 Å². The number of primary amides is 1. The average molecular weight is 391 g/mol. The molecule has 6 nitrogen and oxygen atoms in total. The highest BCUT2D eigenvalue weighted by molar-refractivity contribution is 7.12. The van der Waals surface area contributed by atoms with Gasteiger partial charge in [0.1, 0.15) is 0 Å². The second-order valence-electron chi connectivity index (χ2n) is 6.46. The van der Waals surface area contributed by atoms with Crippen molar-refractivity contribution < 1.29 is 9.59 Å². The van der Waals surface area contributed by atoms with Crippen LogP contribution in [0, 0.1) is 0 Å². The predicted octanol–water partition coefficient (Wildman–Crippen LogP) is 2.68. The van der Waals surface area contributed by atoms with Crippen molar-refractivity contribution in [2.45, 2.75) is 32.4 Å². The molecule has 8 heteroatoms. The molecular formula is C18H22N4O2S2. The summed E-state index contributed by atoms with van der Waals surface area (Å²) in [5, 5.41) is 10.2. The Morgan fingerprint density at radius 1 is 1.27 bits per heavy atom. The van der Waals surface area contributed by atoms with E-state index in [4.69, 9.17) is 5.73 Å². The molecule has 0 fully saturated rings. The predicted molar refractivity (Wildman–Crippen MR) is 105 cm³/mol. The van der Waals surface area contributed by atoms with Gasteiger partial charge in [-0.15, -0.1) is 22.7 Å². The first-order valence-corrected chi connectivity index (χ1v) is 10.2. The molecular weight excluding hydrogens is 368 g/mol. The number of hydrogen-bond acceptors (Lipinski definition) is 6. The lowest BCUT2D eigenvalue weighted by Gasteiger charge is -2.27. The lowest BCUT2D eigenvalue weighted by atomic mass is 10.1. The minimum atomic E-state index is -0.439. The number of carbonyl (C=O) groups is 2. The second-order valence-corrected chi connectivity index (χ2v) is 8.39. The number of hydrazone groups is 1. The molecule has 2 amide bonds. The Hall–Kier alpha value is -2.03. The molecule has 0 radical (unpaired) electrons. The van der Waals surface area contributed by atoms with Gasteiger partial charge in [0.25, 0.3) is 5.91 Å². The van der Waals surface area contributed by atoms with Crippen molar-refractivity contribution in [2.24, 2.45) is 10.8 Å². The molecule has 138 valence electrons. The number of nitrogens with zero attached hydrogens (tertiary/aromatic N) is 3. The molecule has 2 aromatic rings. The van der Waals surface area contributed by atoms with Crippen molar-refractivity contribution in [1.82, 2.24) is 9.91 Å². The average Bonchev–Trinajstić information content (AvgIpc) is 3.32. The summed E-state index contributed by atoms with van der Waals surface area (Å²) in [4.78, 5) is 28.3. The van der Waals surface area contributed by atoms with Gasteiger partial charge in [-0.25, -0.2) is 5.01 Å². The number of carbonyl (C=O) groups excluding carboxylic acids is 2. The Morgan fingerprint density at radius 2 is 2.00 bits per heavy atom. The maximum absolute atomic E-state index is 13.0. The van der Waals surface area contributed by atoms with Gasteiger partial charge in [0.2, 0.25) is 5.91 Å². The van der Waals surface area contributed by atoms with Crippen molar-refractivity contribution in [2.75, 3.05) is 13.1 Å². The van der Waals surface area contributed by atoms with Gasteiger partial charge in [0.05, 0.1) is 29.7 Å². The molecule has 2 aromatic heterocycles. The minimum absolute atomic E-state index is 0.0370. The fourth-order valence-corrected chi connectivity index (χ4v) is 4.43. The van der Waals surface area contributed by atoms with Crippen molar-refractivity contribution in [3.8, 4) is 0 Å². The summed E-state index contributed by atoms with van der Waals surface area (Å²) in [7, 11) is 0. The third-order valence-corrected chi connectivity index (χ3v) is 6.16. The zero-order chi connectivity index (χ0) is 18.7. The fraction of sp³-hybridized carbons (Fsp3) is 0.389. The molecule has 2 N–H and O–H groups in total. The van der Waals surface area contributed by atoms with Crippen molar-refractivity contribution >= 4 is 40.2 Å². The summed E-state index contributed by atoms with van der Waals surface area (Å²) in [5.41, 5.74) is 6.25. The zero-order valence-corrected chi connectivity index (χ0v) is 16.4. The molecule has 0 aromatic carbocycles. The number of hydrogen-bond donors (Lipinski definition) is 1. The first kappa shape index (κ1) is 18.8. The molecule has 1 aliphatic heterocycles. The van der Waals surface area contributed by atoms with E-state index >= 15 is 0 Å². The maximum Gasteiger partial charge on any atom is 0.257 e. The summed E-state index contributed by atoms with van der Waals surface area (Å²) < 4.78 is 0. The van der Waals surface area contributed by atoms with Crippen molar-refractivity contribution in [3.63, 3.8) is 0 Å². The molecule has 1 aliphatic rings. The number of amides is 2. The smallest absolute Gasteiger partial charge is 0.257 e. The quantitative estimate of drug-likeness (QED) is 0.789. The normalized spacial score (nSPS) is 17.2. The summed E-state index contributed by atoms with van der Waals surface area (Å²) in [6.07, 6.45) is 0.699. The van der Waals surface area contributed by atoms with Crippen molar-refractivity contribution in [1.29, 1.82) is 0 Å². The van der Waals surface area contributed by atoms with E-state index in [1.54, 1.807) is 32.6 Å². The monoisotopic (exact) mass is 390 g/mol. The minimum Gasteiger partial charge on any atom is -0.369 e. The van der Waals surface area contributed by atoms with E-state index in [-0.39, 0.29) is 31.1 Å². The Labute approximate surface area is 160 Å².